The molecule has 0 N–H and O–H groups in total. The molecule has 38 heavy (non-hydrogen) atoms. The number of carbonyl (C=O) groups excluding carboxylic acids is 2. The molecule has 3 aromatic carbocycles. The summed E-state index contributed by atoms with van der Waals surface area (Å²) in [6, 6.07) is 22.4. The third kappa shape index (κ3) is 7.52. The van der Waals surface area contributed by atoms with E-state index in [9.17, 15) is 18.4 Å². The zero-order chi connectivity index (χ0) is 26.9. The number of benzene rings is 3. The van der Waals surface area contributed by atoms with Gasteiger partial charge in [0.1, 0.15) is 11.6 Å². The number of aliphatic imine (C=N–C) groups is 1. The summed E-state index contributed by atoms with van der Waals surface area (Å²) >= 11 is 0. The Labute approximate surface area is 222 Å². The summed E-state index contributed by atoms with van der Waals surface area (Å²) < 4.78 is 27.1. The van der Waals surface area contributed by atoms with Crippen LogP contribution in [-0.4, -0.2) is 53.5 Å². The lowest BCUT2D eigenvalue weighted by Gasteiger charge is -2.39. The van der Waals surface area contributed by atoms with Crippen LogP contribution in [0.4, 0.5) is 8.78 Å². The predicted octanol–water partition coefficient (Wildman–Crippen LogP) is 5.37. The maximum absolute atomic E-state index is 13.6. The first-order chi connectivity index (χ1) is 18.4. The van der Waals surface area contributed by atoms with Gasteiger partial charge >= 0.3 is 0 Å². The highest BCUT2D eigenvalue weighted by molar-refractivity contribution is 6.02. The molecule has 0 bridgehead atoms. The summed E-state index contributed by atoms with van der Waals surface area (Å²) in [5, 5.41) is 0. The molecule has 2 amide bonds. The Balaban J connectivity index is 1.34. The van der Waals surface area contributed by atoms with Gasteiger partial charge in [0.25, 0.3) is 5.91 Å². The van der Waals surface area contributed by atoms with Crippen molar-refractivity contribution in [1.82, 2.24) is 9.80 Å². The van der Waals surface area contributed by atoms with E-state index in [2.05, 4.69) is 9.89 Å². The Morgan fingerprint density at radius 3 is 1.92 bits per heavy atom. The average molecular weight is 516 g/mol. The van der Waals surface area contributed by atoms with Crippen LogP contribution in [0.25, 0.3) is 0 Å². The standard InChI is InChI=1S/C31H31F2N3O2/c1-23(7-8-24-5-3-2-4-6-24)34-29(37)17-18-30(38)35-19-21-36(22-20-35)31(25-9-13-27(32)14-10-25)26-11-15-28(33)16-12-26/h2-6,9-18,31H,7-8,19-22H2,1H3/b18-17-,34-23?. The molecule has 5 nitrogen and oxygen atoms in total. The molecule has 0 aromatic heterocycles. The highest BCUT2D eigenvalue weighted by atomic mass is 19.1. The van der Waals surface area contributed by atoms with Crippen LogP contribution in [0.5, 0.6) is 0 Å². The zero-order valence-corrected chi connectivity index (χ0v) is 21.4. The van der Waals surface area contributed by atoms with Crippen molar-refractivity contribution in [3.8, 4) is 0 Å². The Hall–Kier alpha value is -3.97. The molecule has 0 spiro atoms. The number of rotatable bonds is 8. The second-order valence-corrected chi connectivity index (χ2v) is 9.37. The maximum atomic E-state index is 13.6. The van der Waals surface area contributed by atoms with E-state index in [1.54, 1.807) is 29.2 Å². The molecule has 1 aliphatic rings. The van der Waals surface area contributed by atoms with E-state index in [1.165, 1.54) is 42.0 Å². The number of piperazine rings is 1. The van der Waals surface area contributed by atoms with Gasteiger partial charge in [0.15, 0.2) is 0 Å². The van der Waals surface area contributed by atoms with E-state index >= 15 is 0 Å². The summed E-state index contributed by atoms with van der Waals surface area (Å²) in [6.07, 6.45) is 3.97. The molecule has 4 rings (SSSR count). The van der Waals surface area contributed by atoms with Crippen molar-refractivity contribution >= 4 is 17.5 Å². The monoisotopic (exact) mass is 515 g/mol. The summed E-state index contributed by atoms with van der Waals surface area (Å²) in [5.74, 6) is -1.33. The number of carbonyl (C=O) groups is 2. The van der Waals surface area contributed by atoms with Gasteiger partial charge in [0.05, 0.1) is 6.04 Å². The summed E-state index contributed by atoms with van der Waals surface area (Å²) in [6.45, 7) is 3.90. The van der Waals surface area contributed by atoms with E-state index in [0.29, 0.717) is 32.6 Å². The van der Waals surface area contributed by atoms with E-state index in [4.69, 9.17) is 0 Å². The van der Waals surface area contributed by atoms with Crippen LogP contribution >= 0.6 is 0 Å². The fraction of sp³-hybridized carbons (Fsp3) is 0.258. The van der Waals surface area contributed by atoms with Crippen LogP contribution in [0.15, 0.2) is 96.0 Å². The zero-order valence-electron chi connectivity index (χ0n) is 21.4. The largest absolute Gasteiger partial charge is 0.337 e. The minimum absolute atomic E-state index is 0.196. The molecule has 196 valence electrons. The molecular formula is C31H31F2N3O2. The lowest BCUT2D eigenvalue weighted by Crippen LogP contribution is -2.49. The predicted molar refractivity (Wildman–Crippen MR) is 145 cm³/mol. The molecule has 3 aromatic rings. The Bertz CT molecular complexity index is 1240. The third-order valence-electron chi connectivity index (χ3n) is 6.65. The fourth-order valence-corrected chi connectivity index (χ4v) is 4.60. The van der Waals surface area contributed by atoms with Crippen molar-refractivity contribution < 1.29 is 18.4 Å². The van der Waals surface area contributed by atoms with Crippen LogP contribution in [0.2, 0.25) is 0 Å². The van der Waals surface area contributed by atoms with Gasteiger partial charge < -0.3 is 4.90 Å². The van der Waals surface area contributed by atoms with Crippen molar-refractivity contribution in [2.75, 3.05) is 26.2 Å². The third-order valence-corrected chi connectivity index (χ3v) is 6.65. The fourth-order valence-electron chi connectivity index (χ4n) is 4.60. The quantitative estimate of drug-likeness (QED) is 0.299. The van der Waals surface area contributed by atoms with Crippen LogP contribution in [0, 0.1) is 11.6 Å². The van der Waals surface area contributed by atoms with Gasteiger partial charge in [0, 0.05) is 44.0 Å². The lowest BCUT2D eigenvalue weighted by atomic mass is 9.96. The second kappa shape index (κ2) is 13.0. The highest BCUT2D eigenvalue weighted by Crippen LogP contribution is 2.30. The molecule has 1 aliphatic heterocycles. The summed E-state index contributed by atoms with van der Waals surface area (Å²) in [5.41, 5.74) is 3.69. The lowest BCUT2D eigenvalue weighted by molar-refractivity contribution is -0.128. The molecule has 7 heteroatoms. The number of hydrogen-bond donors (Lipinski definition) is 0. The molecular weight excluding hydrogens is 484 g/mol. The van der Waals surface area contributed by atoms with Crippen molar-refractivity contribution in [3.63, 3.8) is 0 Å². The number of amides is 2. The molecule has 1 fully saturated rings. The van der Waals surface area contributed by atoms with Gasteiger partial charge in [-0.15, -0.1) is 0 Å². The van der Waals surface area contributed by atoms with Gasteiger partial charge in [-0.2, -0.15) is 0 Å². The topological polar surface area (TPSA) is 53.0 Å². The SMILES string of the molecule is CC(CCc1ccccc1)=NC(=O)/C=C\C(=O)N1CCN(C(c2ccc(F)cc2)c2ccc(F)cc2)CC1. The molecule has 1 saturated heterocycles. The Morgan fingerprint density at radius 1 is 0.816 bits per heavy atom. The van der Waals surface area contributed by atoms with Crippen molar-refractivity contribution in [1.29, 1.82) is 0 Å². The molecule has 0 radical (unpaired) electrons. The Morgan fingerprint density at radius 2 is 1.37 bits per heavy atom. The van der Waals surface area contributed by atoms with Gasteiger partial charge in [-0.3, -0.25) is 14.5 Å². The number of aryl methyl sites for hydroxylation is 1. The van der Waals surface area contributed by atoms with Gasteiger partial charge in [-0.25, -0.2) is 13.8 Å². The first kappa shape index (κ1) is 27.1. The van der Waals surface area contributed by atoms with E-state index < -0.39 is 5.91 Å². The number of nitrogens with zero attached hydrogens (tertiary/aromatic N) is 3. The highest BCUT2D eigenvalue weighted by Gasteiger charge is 2.27. The molecule has 1 heterocycles. The maximum Gasteiger partial charge on any atom is 0.269 e. The first-order valence-electron chi connectivity index (χ1n) is 12.7. The second-order valence-electron chi connectivity index (χ2n) is 9.37. The van der Waals surface area contributed by atoms with Gasteiger partial charge in [-0.05, 0) is 60.7 Å². The van der Waals surface area contributed by atoms with Gasteiger partial charge in [0.2, 0.25) is 5.91 Å². The molecule has 0 aliphatic carbocycles. The van der Waals surface area contributed by atoms with Crippen molar-refractivity contribution in [2.45, 2.75) is 25.8 Å². The van der Waals surface area contributed by atoms with Crippen LogP contribution in [0.1, 0.15) is 36.1 Å². The van der Waals surface area contributed by atoms with Crippen LogP contribution in [-0.2, 0) is 16.0 Å². The van der Waals surface area contributed by atoms with E-state index in [0.717, 1.165) is 23.3 Å². The normalized spacial score (nSPS) is 14.8. The minimum atomic E-state index is -0.449. The Kier molecular flexibility index (Phi) is 9.27. The minimum Gasteiger partial charge on any atom is -0.337 e. The van der Waals surface area contributed by atoms with E-state index in [-0.39, 0.29) is 23.6 Å². The van der Waals surface area contributed by atoms with Crippen molar-refractivity contribution in [3.05, 3.63) is 119 Å². The molecule has 0 atom stereocenters. The van der Waals surface area contributed by atoms with Crippen molar-refractivity contribution in [2.24, 2.45) is 4.99 Å². The average Bonchev–Trinajstić information content (AvgIpc) is 2.94. The molecule has 0 saturated carbocycles. The summed E-state index contributed by atoms with van der Waals surface area (Å²) in [4.78, 5) is 32.9. The van der Waals surface area contributed by atoms with E-state index in [1.807, 2.05) is 37.3 Å². The summed E-state index contributed by atoms with van der Waals surface area (Å²) in [7, 11) is 0. The smallest absolute Gasteiger partial charge is 0.269 e. The van der Waals surface area contributed by atoms with Gasteiger partial charge in [-0.1, -0.05) is 54.6 Å². The molecule has 0 unspecified atom stereocenters. The first-order valence-corrected chi connectivity index (χ1v) is 12.7. The van der Waals surface area contributed by atoms with Crippen LogP contribution < -0.4 is 0 Å². The number of halogens is 2. The van der Waals surface area contributed by atoms with Crippen LogP contribution in [0.3, 0.4) is 0 Å². The number of hydrogen-bond acceptors (Lipinski definition) is 3.